The number of amides is 1. The van der Waals surface area contributed by atoms with E-state index in [-0.39, 0.29) is 41.1 Å². The van der Waals surface area contributed by atoms with Gasteiger partial charge in [0.2, 0.25) is 0 Å². The lowest BCUT2D eigenvalue weighted by molar-refractivity contribution is 0.0742. The molecule has 4 aromatic rings. The van der Waals surface area contributed by atoms with Crippen molar-refractivity contribution in [3.63, 3.8) is 0 Å². The first-order chi connectivity index (χ1) is 20.0. The molecular formula is C31H30ClF3N4O3. The van der Waals surface area contributed by atoms with Crippen LogP contribution in [0.1, 0.15) is 73.1 Å². The molecule has 2 N–H and O–H groups in total. The van der Waals surface area contributed by atoms with Gasteiger partial charge in [0.05, 0.1) is 18.8 Å². The summed E-state index contributed by atoms with van der Waals surface area (Å²) in [4.78, 5) is 17.8. The molecule has 0 bridgehead atoms. The Morgan fingerprint density at radius 2 is 1.90 bits per heavy atom. The molecule has 2 saturated carbocycles. The van der Waals surface area contributed by atoms with Gasteiger partial charge >= 0.3 is 0 Å². The fourth-order valence-electron chi connectivity index (χ4n) is 5.32. The summed E-state index contributed by atoms with van der Waals surface area (Å²) in [5, 5.41) is 18.4. The van der Waals surface area contributed by atoms with Crippen molar-refractivity contribution >= 4 is 28.4 Å². The van der Waals surface area contributed by atoms with E-state index >= 15 is 8.78 Å². The van der Waals surface area contributed by atoms with Crippen molar-refractivity contribution in [2.24, 2.45) is 5.92 Å². The molecule has 2 aliphatic rings. The van der Waals surface area contributed by atoms with Crippen molar-refractivity contribution in [2.45, 2.75) is 57.1 Å². The van der Waals surface area contributed by atoms with Gasteiger partial charge in [-0.05, 0) is 75.8 Å². The number of halogens is 4. The van der Waals surface area contributed by atoms with E-state index in [9.17, 15) is 14.3 Å². The number of benzene rings is 2. The minimum absolute atomic E-state index is 0.0952. The lowest BCUT2D eigenvalue weighted by Gasteiger charge is -2.24. The molecule has 7 nitrogen and oxygen atoms in total. The Morgan fingerprint density at radius 1 is 1.17 bits per heavy atom. The Hall–Kier alpha value is -3.63. The van der Waals surface area contributed by atoms with Gasteiger partial charge in [-0.3, -0.25) is 9.48 Å². The molecule has 11 heteroatoms. The zero-order chi connectivity index (χ0) is 29.9. The van der Waals surface area contributed by atoms with Gasteiger partial charge in [0.15, 0.2) is 11.6 Å². The summed E-state index contributed by atoms with van der Waals surface area (Å²) >= 11 is 5.79. The van der Waals surface area contributed by atoms with E-state index in [0.717, 1.165) is 43.2 Å². The molecule has 2 aromatic carbocycles. The number of hydrogen-bond donors (Lipinski definition) is 2. The van der Waals surface area contributed by atoms with E-state index in [0.29, 0.717) is 28.6 Å². The minimum Gasteiger partial charge on any atom is -0.494 e. The zero-order valence-electron chi connectivity index (χ0n) is 23.3. The summed E-state index contributed by atoms with van der Waals surface area (Å²) in [5.74, 6) is -3.11. The van der Waals surface area contributed by atoms with Crippen LogP contribution in [-0.2, 0) is 5.60 Å². The number of fused-ring (bicyclic) bond motifs is 1. The van der Waals surface area contributed by atoms with Crippen LogP contribution in [0.25, 0.3) is 22.2 Å². The molecule has 42 heavy (non-hydrogen) atoms. The van der Waals surface area contributed by atoms with Gasteiger partial charge in [0.1, 0.15) is 27.8 Å². The third-order valence-corrected chi connectivity index (χ3v) is 8.32. The number of pyridine rings is 1. The summed E-state index contributed by atoms with van der Waals surface area (Å²) in [6.45, 7) is 2.99. The smallest absolute Gasteiger partial charge is 0.251 e. The highest BCUT2D eigenvalue weighted by Gasteiger charge is 2.36. The topological polar surface area (TPSA) is 89.3 Å². The molecule has 6 rings (SSSR count). The highest BCUT2D eigenvalue weighted by molar-refractivity contribution is 6.31. The first-order valence-electron chi connectivity index (χ1n) is 13.9. The molecule has 0 aliphatic heterocycles. The Kier molecular flexibility index (Phi) is 7.17. The Balaban J connectivity index is 1.33. The number of aromatic nitrogens is 3. The van der Waals surface area contributed by atoms with Gasteiger partial charge in [0, 0.05) is 46.4 Å². The number of methoxy groups -OCH3 is 1. The van der Waals surface area contributed by atoms with Gasteiger partial charge in [-0.1, -0.05) is 11.6 Å². The summed E-state index contributed by atoms with van der Waals surface area (Å²) < 4.78 is 52.0. The third-order valence-electron chi connectivity index (χ3n) is 7.97. The molecule has 1 amide bonds. The second kappa shape index (κ2) is 10.6. The van der Waals surface area contributed by atoms with E-state index in [1.54, 1.807) is 12.1 Å². The van der Waals surface area contributed by atoms with Crippen LogP contribution in [0.4, 0.5) is 13.2 Å². The van der Waals surface area contributed by atoms with Crippen LogP contribution in [0.3, 0.4) is 0 Å². The fourth-order valence-corrected chi connectivity index (χ4v) is 5.49. The lowest BCUT2D eigenvalue weighted by Crippen LogP contribution is -2.30. The predicted molar refractivity (Wildman–Crippen MR) is 152 cm³/mol. The maximum atomic E-state index is 15.7. The third kappa shape index (κ3) is 5.33. The van der Waals surface area contributed by atoms with Gasteiger partial charge in [-0.2, -0.15) is 5.10 Å². The van der Waals surface area contributed by atoms with E-state index < -0.39 is 28.1 Å². The standard InChI is InChI=1S/C31H30ClF3N4O3/c1-31(2,41)21-12-23(37-29(27(21)35)19-8-9-22(33)25(32)26(19)34)20(15-4-5-15)13-36-30(40)16-10-17-14-39(18-6-7-18)38-28(17)24(11-16)42-3/h8-12,14-15,18,20,41H,4-7,13H2,1-3H3,(H,36,40)/t20-/m0/s1. The number of carbonyl (C=O) groups is 1. The molecule has 0 spiro atoms. The molecule has 220 valence electrons. The Labute approximate surface area is 245 Å². The van der Waals surface area contributed by atoms with Crippen molar-refractivity contribution in [2.75, 3.05) is 13.7 Å². The van der Waals surface area contributed by atoms with Crippen molar-refractivity contribution in [1.82, 2.24) is 20.1 Å². The lowest BCUT2D eigenvalue weighted by atomic mass is 9.90. The average Bonchev–Trinajstić information content (AvgIpc) is 3.89. The molecule has 2 aromatic heterocycles. The summed E-state index contributed by atoms with van der Waals surface area (Å²) in [6.07, 6.45) is 5.79. The van der Waals surface area contributed by atoms with Crippen LogP contribution >= 0.6 is 11.6 Å². The number of nitrogens with one attached hydrogen (secondary N) is 1. The van der Waals surface area contributed by atoms with Crippen molar-refractivity contribution < 1.29 is 27.8 Å². The number of hydrogen-bond acceptors (Lipinski definition) is 5. The Morgan fingerprint density at radius 3 is 2.55 bits per heavy atom. The summed E-state index contributed by atoms with van der Waals surface area (Å²) in [6, 6.07) is 7.26. The summed E-state index contributed by atoms with van der Waals surface area (Å²) in [7, 11) is 1.53. The second-order valence-corrected chi connectivity index (χ2v) is 12.0. The first kappa shape index (κ1) is 28.5. The maximum absolute atomic E-state index is 15.7. The SMILES string of the molecule is COc1cc(C(=O)NC[C@H](c2cc(C(C)(C)O)c(F)c(-c3ccc(F)c(Cl)c3F)n2)C2CC2)cc2cn(C3CC3)nc12. The van der Waals surface area contributed by atoms with E-state index in [1.165, 1.54) is 27.0 Å². The average molecular weight is 599 g/mol. The molecule has 0 unspecified atom stereocenters. The van der Waals surface area contributed by atoms with E-state index in [2.05, 4.69) is 15.4 Å². The molecule has 0 radical (unpaired) electrons. The summed E-state index contributed by atoms with van der Waals surface area (Å²) in [5.41, 5.74) is -0.970. The highest BCUT2D eigenvalue weighted by Crippen LogP contribution is 2.44. The molecular weight excluding hydrogens is 569 g/mol. The quantitative estimate of drug-likeness (QED) is 0.210. The molecule has 1 atom stereocenters. The maximum Gasteiger partial charge on any atom is 0.251 e. The molecule has 2 aliphatic carbocycles. The van der Waals surface area contributed by atoms with Crippen LogP contribution < -0.4 is 10.1 Å². The van der Waals surface area contributed by atoms with Gasteiger partial charge < -0.3 is 15.2 Å². The first-order valence-corrected chi connectivity index (χ1v) is 14.3. The van der Waals surface area contributed by atoms with Crippen LogP contribution in [-0.4, -0.2) is 39.4 Å². The van der Waals surface area contributed by atoms with E-state index in [1.807, 2.05) is 10.9 Å². The Bertz CT molecular complexity index is 1710. The van der Waals surface area contributed by atoms with Crippen molar-refractivity contribution in [1.29, 1.82) is 0 Å². The minimum atomic E-state index is -1.63. The number of aliphatic hydroxyl groups is 1. The predicted octanol–water partition coefficient (Wildman–Crippen LogP) is 6.66. The normalized spacial score (nSPS) is 16.1. The van der Waals surface area contributed by atoms with Crippen LogP contribution in [0, 0.1) is 23.4 Å². The number of ether oxygens (including phenoxy) is 1. The second-order valence-electron chi connectivity index (χ2n) is 11.6. The molecule has 0 saturated heterocycles. The number of carbonyl (C=O) groups excluding carboxylic acids is 1. The largest absolute Gasteiger partial charge is 0.494 e. The number of nitrogens with zero attached hydrogens (tertiary/aromatic N) is 3. The van der Waals surface area contributed by atoms with Crippen LogP contribution in [0.2, 0.25) is 5.02 Å². The van der Waals surface area contributed by atoms with Gasteiger partial charge in [0.25, 0.3) is 5.91 Å². The van der Waals surface area contributed by atoms with Crippen LogP contribution in [0.5, 0.6) is 5.75 Å². The molecule has 2 heterocycles. The van der Waals surface area contributed by atoms with Crippen molar-refractivity contribution in [3.05, 3.63) is 75.8 Å². The monoisotopic (exact) mass is 598 g/mol. The zero-order valence-corrected chi connectivity index (χ0v) is 24.1. The van der Waals surface area contributed by atoms with Crippen molar-refractivity contribution in [3.8, 4) is 17.0 Å². The van der Waals surface area contributed by atoms with E-state index in [4.69, 9.17) is 16.3 Å². The molecule has 2 fully saturated rings. The number of rotatable bonds is 9. The fraction of sp³-hybridized carbons (Fsp3) is 0.387. The highest BCUT2D eigenvalue weighted by atomic mass is 35.5. The van der Waals surface area contributed by atoms with Gasteiger partial charge in [-0.25, -0.2) is 18.2 Å². The van der Waals surface area contributed by atoms with Crippen LogP contribution in [0.15, 0.2) is 36.5 Å². The van der Waals surface area contributed by atoms with Gasteiger partial charge in [-0.15, -0.1) is 0 Å².